The van der Waals surface area contributed by atoms with Gasteiger partial charge in [-0.05, 0) is 25.2 Å². The molecule has 1 aliphatic carbocycles. The first kappa shape index (κ1) is 19.3. The van der Waals surface area contributed by atoms with Crippen LogP contribution in [-0.4, -0.2) is 77.3 Å². The van der Waals surface area contributed by atoms with Crippen molar-refractivity contribution in [2.24, 2.45) is 5.92 Å². The van der Waals surface area contributed by atoms with Crippen molar-refractivity contribution < 1.29 is 27.8 Å². The number of rotatable bonds is 4. The van der Waals surface area contributed by atoms with E-state index >= 15 is 0 Å². The number of hydrogen-bond donors (Lipinski definition) is 1. The van der Waals surface area contributed by atoms with Gasteiger partial charge in [-0.1, -0.05) is 11.3 Å². The van der Waals surface area contributed by atoms with E-state index in [-0.39, 0.29) is 0 Å². The van der Waals surface area contributed by atoms with Gasteiger partial charge < -0.3 is 14.7 Å². The summed E-state index contributed by atoms with van der Waals surface area (Å²) in [6, 6.07) is 0.641. The molecule has 2 saturated heterocycles. The van der Waals surface area contributed by atoms with Crippen molar-refractivity contribution in [1.29, 1.82) is 0 Å². The molecule has 2 aliphatic heterocycles. The molecule has 146 valence electrons. The highest BCUT2D eigenvalue weighted by Gasteiger charge is 2.39. The Morgan fingerprint density at radius 1 is 1.35 bits per heavy atom. The van der Waals surface area contributed by atoms with Gasteiger partial charge in [-0.3, -0.25) is 4.90 Å². The predicted octanol–water partition coefficient (Wildman–Crippen LogP) is 1.86. The van der Waals surface area contributed by atoms with Crippen molar-refractivity contribution in [3.05, 3.63) is 5.51 Å². The van der Waals surface area contributed by atoms with Gasteiger partial charge in [-0.25, -0.2) is 4.79 Å². The zero-order valence-electron chi connectivity index (χ0n) is 14.1. The molecule has 1 aromatic heterocycles. The number of anilines is 1. The van der Waals surface area contributed by atoms with E-state index in [1.54, 1.807) is 11.3 Å². The van der Waals surface area contributed by atoms with E-state index in [1.807, 2.05) is 5.51 Å². The third-order valence-electron chi connectivity index (χ3n) is 4.70. The van der Waals surface area contributed by atoms with Gasteiger partial charge in [0.2, 0.25) is 5.13 Å². The van der Waals surface area contributed by atoms with Crippen LogP contribution in [0.1, 0.15) is 19.3 Å². The van der Waals surface area contributed by atoms with E-state index in [9.17, 15) is 13.2 Å². The maximum atomic E-state index is 10.6. The fraction of sp³-hybridized carbons (Fsp3) is 0.800. The Morgan fingerprint density at radius 2 is 2.08 bits per heavy atom. The second kappa shape index (κ2) is 8.05. The quantitative estimate of drug-likeness (QED) is 0.835. The van der Waals surface area contributed by atoms with Gasteiger partial charge in [0, 0.05) is 38.8 Å². The molecule has 11 heteroatoms. The molecule has 0 amide bonds. The van der Waals surface area contributed by atoms with Gasteiger partial charge in [-0.2, -0.15) is 13.2 Å². The van der Waals surface area contributed by atoms with E-state index in [4.69, 9.17) is 14.6 Å². The van der Waals surface area contributed by atoms with Crippen LogP contribution < -0.4 is 4.90 Å². The number of nitrogens with zero attached hydrogens (tertiary/aromatic N) is 4. The van der Waals surface area contributed by atoms with Crippen LogP contribution in [0.5, 0.6) is 0 Å². The van der Waals surface area contributed by atoms with Gasteiger partial charge in [0.1, 0.15) is 5.51 Å². The molecule has 2 atom stereocenters. The third-order valence-corrected chi connectivity index (χ3v) is 5.45. The van der Waals surface area contributed by atoms with Crippen LogP contribution in [0.15, 0.2) is 5.51 Å². The van der Waals surface area contributed by atoms with Crippen LogP contribution in [0.4, 0.5) is 18.3 Å². The Labute approximate surface area is 152 Å². The van der Waals surface area contributed by atoms with Crippen LogP contribution in [0.2, 0.25) is 0 Å². The lowest BCUT2D eigenvalue weighted by atomic mass is 10.1. The minimum Gasteiger partial charge on any atom is -0.475 e. The summed E-state index contributed by atoms with van der Waals surface area (Å²) in [5.41, 5.74) is 1.82. The molecule has 0 spiro atoms. The molecule has 3 fully saturated rings. The predicted molar refractivity (Wildman–Crippen MR) is 88.3 cm³/mol. The lowest BCUT2D eigenvalue weighted by Crippen LogP contribution is -2.50. The molecule has 0 aromatic carbocycles. The average Bonchev–Trinajstić information content (AvgIpc) is 3.09. The van der Waals surface area contributed by atoms with E-state index in [2.05, 4.69) is 20.0 Å². The zero-order valence-corrected chi connectivity index (χ0v) is 14.9. The Morgan fingerprint density at radius 3 is 2.65 bits per heavy atom. The zero-order chi connectivity index (χ0) is 18.7. The van der Waals surface area contributed by atoms with Crippen LogP contribution in [-0.2, 0) is 9.53 Å². The molecule has 0 unspecified atom stereocenters. The van der Waals surface area contributed by atoms with Gasteiger partial charge in [-0.15, -0.1) is 10.2 Å². The number of piperazine rings is 1. The number of carboxylic acid groups (broad SMARTS) is 1. The minimum absolute atomic E-state index is 0.458. The normalized spacial score (nSPS) is 26.2. The molecule has 3 heterocycles. The van der Waals surface area contributed by atoms with E-state index in [1.165, 1.54) is 19.3 Å². The smallest absolute Gasteiger partial charge is 0.475 e. The summed E-state index contributed by atoms with van der Waals surface area (Å²) in [5, 5.41) is 16.3. The van der Waals surface area contributed by atoms with Gasteiger partial charge >= 0.3 is 12.1 Å². The first-order chi connectivity index (χ1) is 12.3. The van der Waals surface area contributed by atoms with E-state index < -0.39 is 12.1 Å². The number of fused-ring (bicyclic) bond motifs is 1. The Bertz CT molecular complexity index is 597. The fourth-order valence-corrected chi connectivity index (χ4v) is 3.75. The molecule has 1 saturated carbocycles. The summed E-state index contributed by atoms with van der Waals surface area (Å²) in [5.74, 6) is -1.89. The van der Waals surface area contributed by atoms with Crippen molar-refractivity contribution >= 4 is 22.4 Å². The van der Waals surface area contributed by atoms with Crippen LogP contribution >= 0.6 is 11.3 Å². The van der Waals surface area contributed by atoms with Crippen LogP contribution in [0.3, 0.4) is 0 Å². The van der Waals surface area contributed by atoms with Crippen molar-refractivity contribution in [1.82, 2.24) is 15.1 Å². The average molecular weight is 394 g/mol. The Hall–Kier alpha value is -1.46. The molecule has 3 aliphatic rings. The molecule has 1 N–H and O–H groups in total. The number of aliphatic carboxylic acids is 1. The molecule has 26 heavy (non-hydrogen) atoms. The molecule has 1 aromatic rings. The summed E-state index contributed by atoms with van der Waals surface area (Å²) in [6.45, 7) is 5.40. The highest BCUT2D eigenvalue weighted by atomic mass is 32.1. The number of alkyl halides is 3. The summed E-state index contributed by atoms with van der Waals surface area (Å²) in [4.78, 5) is 13.9. The standard InChI is InChI=1S/C13H20N4OS.C2HF3O2/c1-2-10(1)8-18-12-5-11-6-17(4-3-16(11)7-12)13-15-14-9-19-13;3-2(4,5)1(6)7/h9-12H,1-8H2;(H,6,7)/t11-,12+;/m0./s1. The molecular formula is C15H21F3N4O3S. The lowest BCUT2D eigenvalue weighted by molar-refractivity contribution is -0.192. The van der Waals surface area contributed by atoms with Gasteiger partial charge in [0.15, 0.2) is 0 Å². The van der Waals surface area contributed by atoms with Crippen molar-refractivity contribution in [3.8, 4) is 0 Å². The molecule has 0 radical (unpaired) electrons. The largest absolute Gasteiger partial charge is 0.490 e. The second-order valence-corrected chi connectivity index (χ2v) is 7.57. The number of aromatic nitrogens is 2. The maximum Gasteiger partial charge on any atom is 0.490 e. The third kappa shape index (κ3) is 5.27. The van der Waals surface area contributed by atoms with Crippen LogP contribution in [0, 0.1) is 5.92 Å². The van der Waals surface area contributed by atoms with E-state index in [0.717, 1.165) is 43.8 Å². The SMILES string of the molecule is O=C(O)C(F)(F)F.c1nnc(N2CCN3C[C@H](OCC4CC4)C[C@H]3C2)s1. The highest BCUT2D eigenvalue weighted by molar-refractivity contribution is 7.13. The summed E-state index contributed by atoms with van der Waals surface area (Å²) < 4.78 is 37.8. The monoisotopic (exact) mass is 394 g/mol. The minimum atomic E-state index is -5.08. The molecule has 4 rings (SSSR count). The highest BCUT2D eigenvalue weighted by Crippen LogP contribution is 2.32. The second-order valence-electron chi connectivity index (χ2n) is 6.75. The molecule has 7 nitrogen and oxygen atoms in total. The number of hydrogen-bond acceptors (Lipinski definition) is 7. The molecular weight excluding hydrogens is 373 g/mol. The van der Waals surface area contributed by atoms with E-state index in [0.29, 0.717) is 12.1 Å². The summed E-state index contributed by atoms with van der Waals surface area (Å²) >= 11 is 1.64. The maximum absolute atomic E-state index is 10.6. The first-order valence-corrected chi connectivity index (χ1v) is 9.37. The summed E-state index contributed by atoms with van der Waals surface area (Å²) in [6.07, 6.45) is -0.683. The fourth-order valence-electron chi connectivity index (χ4n) is 3.15. The summed E-state index contributed by atoms with van der Waals surface area (Å²) in [7, 11) is 0. The number of carbonyl (C=O) groups is 1. The van der Waals surface area contributed by atoms with Crippen molar-refractivity contribution in [2.45, 2.75) is 37.6 Å². The van der Waals surface area contributed by atoms with Gasteiger partial charge in [0.05, 0.1) is 6.10 Å². The van der Waals surface area contributed by atoms with Crippen molar-refractivity contribution in [3.63, 3.8) is 0 Å². The van der Waals surface area contributed by atoms with Crippen molar-refractivity contribution in [2.75, 3.05) is 37.7 Å². The van der Waals surface area contributed by atoms with Gasteiger partial charge in [0.25, 0.3) is 0 Å². The lowest BCUT2D eigenvalue weighted by Gasteiger charge is -2.36. The Balaban J connectivity index is 0.000000242. The Kier molecular flexibility index (Phi) is 5.98. The topological polar surface area (TPSA) is 78.8 Å². The number of ether oxygens (including phenoxy) is 1. The molecule has 0 bridgehead atoms. The van der Waals surface area contributed by atoms with Crippen LogP contribution in [0.25, 0.3) is 0 Å². The number of carboxylic acids is 1. The first-order valence-electron chi connectivity index (χ1n) is 8.50. The number of halogens is 3.